The van der Waals surface area contributed by atoms with Crippen molar-refractivity contribution in [3.63, 3.8) is 0 Å². The molecule has 0 radical (unpaired) electrons. The maximum Gasteiger partial charge on any atom is 0.273 e. The molecular weight excluding hydrogens is 372 g/mol. The van der Waals surface area contributed by atoms with Gasteiger partial charge in [-0.05, 0) is 18.9 Å². The van der Waals surface area contributed by atoms with Gasteiger partial charge in [-0.15, -0.1) is 0 Å². The zero-order valence-electron chi connectivity index (χ0n) is 14.8. The highest BCUT2D eigenvalue weighted by Gasteiger charge is 2.33. The number of amides is 2. The van der Waals surface area contributed by atoms with Crippen molar-refractivity contribution in [1.82, 2.24) is 5.32 Å². The Bertz CT molecular complexity index is 792. The Hall–Kier alpha value is -2.62. The van der Waals surface area contributed by atoms with Crippen molar-refractivity contribution in [3.8, 4) is 5.75 Å². The fourth-order valence-corrected chi connectivity index (χ4v) is 4.11. The molecule has 2 aliphatic rings. The van der Waals surface area contributed by atoms with Gasteiger partial charge >= 0.3 is 0 Å². The number of non-ortho nitro benzene ring substituents is 1. The second kappa shape index (κ2) is 8.38. The van der Waals surface area contributed by atoms with E-state index in [1.54, 1.807) is 0 Å². The van der Waals surface area contributed by atoms with Gasteiger partial charge in [-0.2, -0.15) is 0 Å². The van der Waals surface area contributed by atoms with Gasteiger partial charge in [-0.25, -0.2) is 0 Å². The minimum Gasteiger partial charge on any atom is -0.494 e. The molecule has 1 atom stereocenters. The summed E-state index contributed by atoms with van der Waals surface area (Å²) >= 11 is 1.27. The van der Waals surface area contributed by atoms with E-state index < -0.39 is 10.2 Å². The van der Waals surface area contributed by atoms with Crippen LogP contribution in [0, 0.1) is 10.1 Å². The Morgan fingerprint density at radius 2 is 2.19 bits per heavy atom. The summed E-state index contributed by atoms with van der Waals surface area (Å²) in [5.74, 6) is -0.427. The number of ether oxygens (including phenoxy) is 1. The van der Waals surface area contributed by atoms with Crippen LogP contribution in [0.3, 0.4) is 0 Å². The van der Waals surface area contributed by atoms with Crippen LogP contribution in [0.1, 0.15) is 32.1 Å². The summed E-state index contributed by atoms with van der Waals surface area (Å²) in [5, 5.41) is 16.2. The van der Waals surface area contributed by atoms with Crippen molar-refractivity contribution in [1.29, 1.82) is 0 Å². The predicted octanol–water partition coefficient (Wildman–Crippen LogP) is 2.46. The van der Waals surface area contributed by atoms with Crippen molar-refractivity contribution in [2.75, 3.05) is 12.4 Å². The number of carbonyl (C=O) groups excluding carboxylic acids is 2. The van der Waals surface area contributed by atoms with Gasteiger partial charge in [0.15, 0.2) is 5.17 Å². The van der Waals surface area contributed by atoms with Gasteiger partial charge in [0, 0.05) is 12.5 Å². The van der Waals surface area contributed by atoms with Crippen LogP contribution < -0.4 is 15.4 Å². The van der Waals surface area contributed by atoms with E-state index in [-0.39, 0.29) is 35.7 Å². The van der Waals surface area contributed by atoms with E-state index in [4.69, 9.17) is 4.74 Å². The molecule has 144 valence electrons. The van der Waals surface area contributed by atoms with E-state index in [0.717, 1.165) is 25.7 Å². The second-order valence-corrected chi connectivity index (χ2v) is 7.55. The van der Waals surface area contributed by atoms with E-state index in [1.165, 1.54) is 37.1 Å². The van der Waals surface area contributed by atoms with Gasteiger partial charge in [-0.3, -0.25) is 24.7 Å². The van der Waals surface area contributed by atoms with Gasteiger partial charge in [0.25, 0.3) is 5.69 Å². The molecule has 0 aromatic heterocycles. The number of nitro groups is 1. The average Bonchev–Trinajstić information content (AvgIpc) is 3.25. The van der Waals surface area contributed by atoms with Crippen LogP contribution >= 0.6 is 11.8 Å². The van der Waals surface area contributed by atoms with E-state index >= 15 is 0 Å². The molecule has 27 heavy (non-hydrogen) atoms. The topological polar surface area (TPSA) is 123 Å². The molecule has 0 unspecified atom stereocenters. The lowest BCUT2D eigenvalue weighted by molar-refractivity contribution is -0.384. The van der Waals surface area contributed by atoms with E-state index in [1.807, 2.05) is 0 Å². The van der Waals surface area contributed by atoms with Crippen LogP contribution in [0.2, 0.25) is 0 Å². The summed E-state index contributed by atoms with van der Waals surface area (Å²) in [5.41, 5.74) is 0.180. The molecule has 9 nitrogen and oxygen atoms in total. The standard InChI is InChI=1S/C17H20N4O5S/c1-26-13-8-11(21(24)25)6-7-12(13)19-15(22)9-14-16(23)20-17(27-14)18-10-4-2-3-5-10/h6-8,10,14H,2-5,9H2,1H3,(H,19,22)(H,18,20,23)/t14-/m0/s1. The molecule has 2 N–H and O–H groups in total. The van der Waals surface area contributed by atoms with Crippen LogP contribution in [0.25, 0.3) is 0 Å². The van der Waals surface area contributed by atoms with Gasteiger partial charge < -0.3 is 15.4 Å². The molecule has 1 aromatic rings. The lowest BCUT2D eigenvalue weighted by Crippen LogP contribution is -2.28. The number of benzene rings is 1. The molecule has 0 bridgehead atoms. The number of rotatable bonds is 6. The molecule has 1 saturated heterocycles. The normalized spacial score (nSPS) is 21.3. The van der Waals surface area contributed by atoms with Gasteiger partial charge in [0.1, 0.15) is 11.0 Å². The van der Waals surface area contributed by atoms with Crippen LogP contribution in [0.4, 0.5) is 11.4 Å². The van der Waals surface area contributed by atoms with Crippen molar-refractivity contribution >= 4 is 40.1 Å². The average molecular weight is 392 g/mol. The van der Waals surface area contributed by atoms with Crippen molar-refractivity contribution in [2.24, 2.45) is 4.99 Å². The lowest BCUT2D eigenvalue weighted by Gasteiger charge is -2.11. The maximum absolute atomic E-state index is 12.3. The Balaban J connectivity index is 1.61. The number of amidine groups is 1. The number of nitro benzene ring substituents is 1. The smallest absolute Gasteiger partial charge is 0.273 e. The van der Waals surface area contributed by atoms with Gasteiger partial charge in [0.2, 0.25) is 11.8 Å². The largest absolute Gasteiger partial charge is 0.494 e. The third kappa shape index (κ3) is 4.76. The number of anilines is 1. The Morgan fingerprint density at radius 1 is 1.44 bits per heavy atom. The third-order valence-corrected chi connectivity index (χ3v) is 5.54. The molecule has 1 aromatic carbocycles. The highest BCUT2D eigenvalue weighted by atomic mass is 32.2. The fraction of sp³-hybridized carbons (Fsp3) is 0.471. The van der Waals surface area contributed by atoms with Crippen LogP contribution in [-0.4, -0.2) is 40.3 Å². The summed E-state index contributed by atoms with van der Waals surface area (Å²) in [6, 6.07) is 4.18. The number of aliphatic imine (C=N–C) groups is 1. The van der Waals surface area contributed by atoms with E-state index in [0.29, 0.717) is 10.9 Å². The van der Waals surface area contributed by atoms with Crippen molar-refractivity contribution in [3.05, 3.63) is 28.3 Å². The maximum atomic E-state index is 12.3. The lowest BCUT2D eigenvalue weighted by atomic mass is 10.2. The summed E-state index contributed by atoms with van der Waals surface area (Å²) in [4.78, 5) is 39.3. The van der Waals surface area contributed by atoms with Crippen LogP contribution in [0.5, 0.6) is 5.75 Å². The molecule has 10 heteroatoms. The summed E-state index contributed by atoms with van der Waals surface area (Å²) in [7, 11) is 1.36. The number of hydrogen-bond donors (Lipinski definition) is 2. The Kier molecular flexibility index (Phi) is 5.94. The first-order chi connectivity index (χ1) is 13.0. The van der Waals surface area contributed by atoms with E-state index in [2.05, 4.69) is 15.6 Å². The molecule has 1 aliphatic heterocycles. The SMILES string of the molecule is COc1cc([N+](=O)[O-])ccc1NC(=O)C[C@@H]1SC(=NC2CCCC2)NC1=O. The third-order valence-electron chi connectivity index (χ3n) is 4.44. The minimum absolute atomic E-state index is 0.0275. The zero-order chi connectivity index (χ0) is 19.4. The number of methoxy groups -OCH3 is 1. The quantitative estimate of drug-likeness (QED) is 0.566. The number of hydrogen-bond acceptors (Lipinski definition) is 7. The Morgan fingerprint density at radius 3 is 2.85 bits per heavy atom. The molecule has 0 spiro atoms. The van der Waals surface area contributed by atoms with Crippen molar-refractivity contribution < 1.29 is 19.2 Å². The number of nitrogens with one attached hydrogen (secondary N) is 2. The number of nitrogens with zero attached hydrogens (tertiary/aromatic N) is 2. The van der Waals surface area contributed by atoms with Gasteiger partial charge in [-0.1, -0.05) is 24.6 Å². The number of thioether (sulfide) groups is 1. The number of carbonyl (C=O) groups is 2. The molecule has 2 fully saturated rings. The molecule has 1 aliphatic carbocycles. The summed E-state index contributed by atoms with van der Waals surface area (Å²) in [6.07, 6.45) is 4.35. The minimum atomic E-state index is -0.547. The van der Waals surface area contributed by atoms with Crippen LogP contribution in [-0.2, 0) is 9.59 Å². The Labute approximate surface area is 160 Å². The summed E-state index contributed by atoms with van der Waals surface area (Å²) in [6.45, 7) is 0. The molecular formula is C17H20N4O5S. The van der Waals surface area contributed by atoms with E-state index in [9.17, 15) is 19.7 Å². The zero-order valence-corrected chi connectivity index (χ0v) is 15.6. The first-order valence-corrected chi connectivity index (χ1v) is 9.52. The second-order valence-electron chi connectivity index (χ2n) is 6.36. The molecule has 3 rings (SSSR count). The van der Waals surface area contributed by atoms with Crippen molar-refractivity contribution in [2.45, 2.75) is 43.4 Å². The first kappa shape index (κ1) is 19.2. The molecule has 1 saturated carbocycles. The van der Waals surface area contributed by atoms with Gasteiger partial charge in [0.05, 0.1) is 29.8 Å². The highest BCUT2D eigenvalue weighted by molar-refractivity contribution is 8.15. The molecule has 2 amide bonds. The monoisotopic (exact) mass is 392 g/mol. The predicted molar refractivity (Wildman–Crippen MR) is 102 cm³/mol. The highest BCUT2D eigenvalue weighted by Crippen LogP contribution is 2.30. The molecule has 1 heterocycles. The first-order valence-electron chi connectivity index (χ1n) is 8.64. The summed E-state index contributed by atoms with van der Waals surface area (Å²) < 4.78 is 5.10. The fourth-order valence-electron chi connectivity index (χ4n) is 3.07. The van der Waals surface area contributed by atoms with Crippen LogP contribution in [0.15, 0.2) is 23.2 Å².